The van der Waals surface area contributed by atoms with Crippen LogP contribution in [0.5, 0.6) is 0 Å². The molecule has 0 saturated heterocycles. The second-order valence-corrected chi connectivity index (χ2v) is 5.75. The van der Waals surface area contributed by atoms with Crippen LogP contribution in [-0.2, 0) is 19.0 Å². The maximum atomic E-state index is 11.9. The van der Waals surface area contributed by atoms with E-state index in [-0.39, 0.29) is 18.4 Å². The van der Waals surface area contributed by atoms with Gasteiger partial charge in [0.2, 0.25) is 5.91 Å². The summed E-state index contributed by atoms with van der Waals surface area (Å²) in [5, 5.41) is 5.54. The summed E-state index contributed by atoms with van der Waals surface area (Å²) in [6.07, 6.45) is 0.907. The zero-order valence-corrected chi connectivity index (χ0v) is 15.7. The molecule has 0 aliphatic rings. The van der Waals surface area contributed by atoms with Gasteiger partial charge in [0.25, 0.3) is 5.91 Å². The first-order valence-corrected chi connectivity index (χ1v) is 8.98. The minimum absolute atomic E-state index is 0.0560. The number of nitrogens with one attached hydrogen (secondary N) is 2. The van der Waals surface area contributed by atoms with Crippen molar-refractivity contribution >= 4 is 11.8 Å². The van der Waals surface area contributed by atoms with Gasteiger partial charge >= 0.3 is 0 Å². The molecule has 0 aliphatic heterocycles. The summed E-state index contributed by atoms with van der Waals surface area (Å²) in [7, 11) is 0. The predicted octanol–water partition coefficient (Wildman–Crippen LogP) is 1.30. The van der Waals surface area contributed by atoms with Gasteiger partial charge in [0, 0.05) is 18.7 Å². The molecule has 0 fully saturated rings. The molecule has 0 heterocycles. The Morgan fingerprint density at radius 3 is 2.31 bits per heavy atom. The summed E-state index contributed by atoms with van der Waals surface area (Å²) in [6.45, 7) is 7.20. The van der Waals surface area contributed by atoms with E-state index in [0.29, 0.717) is 51.7 Å². The van der Waals surface area contributed by atoms with Crippen molar-refractivity contribution in [3.05, 3.63) is 35.4 Å². The fourth-order valence-corrected chi connectivity index (χ4v) is 2.05. The summed E-state index contributed by atoms with van der Waals surface area (Å²) >= 11 is 0. The standard InChI is InChI=1S/C19H30N2O5/c1-3-7-20-18(22)15-26-13-12-25-11-10-24-9-8-21-19(23)17-6-4-5-16(2)14-17/h4-6,14H,3,7-13,15H2,1-2H3,(H,20,22)(H,21,23). The van der Waals surface area contributed by atoms with Gasteiger partial charge in [-0.2, -0.15) is 0 Å². The number of carbonyl (C=O) groups is 2. The van der Waals surface area contributed by atoms with Gasteiger partial charge in [-0.3, -0.25) is 9.59 Å². The maximum Gasteiger partial charge on any atom is 0.251 e. The van der Waals surface area contributed by atoms with E-state index in [1.165, 1.54) is 0 Å². The van der Waals surface area contributed by atoms with Crippen molar-refractivity contribution in [2.24, 2.45) is 0 Å². The van der Waals surface area contributed by atoms with E-state index >= 15 is 0 Å². The Morgan fingerprint density at radius 1 is 0.923 bits per heavy atom. The average molecular weight is 366 g/mol. The number of ether oxygens (including phenoxy) is 3. The van der Waals surface area contributed by atoms with Crippen LogP contribution < -0.4 is 10.6 Å². The van der Waals surface area contributed by atoms with Gasteiger partial charge in [0.15, 0.2) is 0 Å². The normalized spacial score (nSPS) is 10.5. The van der Waals surface area contributed by atoms with E-state index in [2.05, 4.69) is 10.6 Å². The van der Waals surface area contributed by atoms with Crippen LogP contribution in [-0.4, -0.2) is 64.5 Å². The van der Waals surface area contributed by atoms with E-state index in [0.717, 1.165) is 12.0 Å². The van der Waals surface area contributed by atoms with Gasteiger partial charge in [0.1, 0.15) is 6.61 Å². The molecule has 1 aromatic carbocycles. The van der Waals surface area contributed by atoms with Crippen LogP contribution in [0.15, 0.2) is 24.3 Å². The van der Waals surface area contributed by atoms with Crippen molar-refractivity contribution in [1.29, 1.82) is 0 Å². The lowest BCUT2D eigenvalue weighted by Crippen LogP contribution is -2.28. The molecular formula is C19H30N2O5. The highest BCUT2D eigenvalue weighted by atomic mass is 16.5. The molecule has 0 spiro atoms. The topological polar surface area (TPSA) is 85.9 Å². The molecule has 26 heavy (non-hydrogen) atoms. The number of rotatable bonds is 14. The number of hydrogen-bond donors (Lipinski definition) is 2. The number of aryl methyl sites for hydroxylation is 1. The van der Waals surface area contributed by atoms with E-state index < -0.39 is 0 Å². The number of hydrogen-bond acceptors (Lipinski definition) is 5. The van der Waals surface area contributed by atoms with Crippen molar-refractivity contribution in [2.45, 2.75) is 20.3 Å². The highest BCUT2D eigenvalue weighted by molar-refractivity contribution is 5.94. The number of carbonyl (C=O) groups excluding carboxylic acids is 2. The van der Waals surface area contributed by atoms with Crippen LogP contribution in [0.25, 0.3) is 0 Å². The van der Waals surface area contributed by atoms with Crippen LogP contribution in [0.4, 0.5) is 0 Å². The first-order valence-electron chi connectivity index (χ1n) is 8.98. The van der Waals surface area contributed by atoms with Crippen LogP contribution in [0.2, 0.25) is 0 Å². The zero-order valence-electron chi connectivity index (χ0n) is 15.7. The van der Waals surface area contributed by atoms with Gasteiger partial charge in [-0.05, 0) is 25.5 Å². The molecule has 0 bridgehead atoms. The molecule has 1 aromatic rings. The molecule has 146 valence electrons. The molecule has 0 aromatic heterocycles. The Labute approximate surface area is 155 Å². The van der Waals surface area contributed by atoms with E-state index in [1.54, 1.807) is 6.07 Å². The lowest BCUT2D eigenvalue weighted by molar-refractivity contribution is -0.126. The molecule has 0 unspecified atom stereocenters. The van der Waals surface area contributed by atoms with Crippen molar-refractivity contribution in [3.63, 3.8) is 0 Å². The second-order valence-electron chi connectivity index (χ2n) is 5.75. The Hall–Kier alpha value is -1.96. The molecule has 0 atom stereocenters. The molecule has 0 aliphatic carbocycles. The third-order valence-electron chi connectivity index (χ3n) is 3.36. The molecule has 0 radical (unpaired) electrons. The summed E-state index contributed by atoms with van der Waals surface area (Å²) in [5.41, 5.74) is 1.70. The van der Waals surface area contributed by atoms with Crippen molar-refractivity contribution in [2.75, 3.05) is 52.7 Å². The first-order chi connectivity index (χ1) is 12.6. The molecule has 1 rings (SSSR count). The Bertz CT molecular complexity index is 536. The fraction of sp³-hybridized carbons (Fsp3) is 0.579. The molecule has 0 saturated carbocycles. The van der Waals surface area contributed by atoms with Crippen molar-refractivity contribution < 1.29 is 23.8 Å². The highest BCUT2D eigenvalue weighted by Crippen LogP contribution is 2.03. The summed E-state index contributed by atoms with van der Waals surface area (Å²) < 4.78 is 15.9. The van der Waals surface area contributed by atoms with Gasteiger partial charge in [0.05, 0.1) is 33.0 Å². The lowest BCUT2D eigenvalue weighted by atomic mass is 10.1. The van der Waals surface area contributed by atoms with Gasteiger partial charge < -0.3 is 24.8 Å². The SMILES string of the molecule is CCCNC(=O)COCCOCCOCCNC(=O)c1cccc(C)c1. The average Bonchev–Trinajstić information content (AvgIpc) is 2.64. The third-order valence-corrected chi connectivity index (χ3v) is 3.36. The number of amides is 2. The maximum absolute atomic E-state index is 11.9. The van der Waals surface area contributed by atoms with E-state index in [4.69, 9.17) is 14.2 Å². The van der Waals surface area contributed by atoms with Crippen molar-refractivity contribution in [1.82, 2.24) is 10.6 Å². The van der Waals surface area contributed by atoms with Crippen LogP contribution in [0, 0.1) is 6.92 Å². The zero-order chi connectivity index (χ0) is 19.0. The number of benzene rings is 1. The largest absolute Gasteiger partial charge is 0.377 e. The molecule has 2 amide bonds. The Morgan fingerprint density at radius 2 is 1.62 bits per heavy atom. The smallest absolute Gasteiger partial charge is 0.251 e. The van der Waals surface area contributed by atoms with Gasteiger partial charge in [-0.1, -0.05) is 24.6 Å². The lowest BCUT2D eigenvalue weighted by Gasteiger charge is -2.08. The fourth-order valence-electron chi connectivity index (χ4n) is 2.05. The second kappa shape index (κ2) is 14.2. The molecule has 2 N–H and O–H groups in total. The third kappa shape index (κ3) is 10.8. The van der Waals surface area contributed by atoms with Crippen LogP contribution in [0.1, 0.15) is 29.3 Å². The highest BCUT2D eigenvalue weighted by Gasteiger charge is 2.04. The molecule has 7 nitrogen and oxygen atoms in total. The Balaban J connectivity index is 1.89. The van der Waals surface area contributed by atoms with Crippen LogP contribution in [0.3, 0.4) is 0 Å². The van der Waals surface area contributed by atoms with Gasteiger partial charge in [-0.15, -0.1) is 0 Å². The monoisotopic (exact) mass is 366 g/mol. The predicted molar refractivity (Wildman–Crippen MR) is 99.3 cm³/mol. The van der Waals surface area contributed by atoms with Gasteiger partial charge in [-0.25, -0.2) is 0 Å². The Kier molecular flexibility index (Phi) is 12.1. The summed E-state index contributed by atoms with van der Waals surface area (Å²) in [6, 6.07) is 7.44. The first kappa shape index (κ1) is 22.1. The molecular weight excluding hydrogens is 336 g/mol. The van der Waals surface area contributed by atoms with Crippen LogP contribution >= 0.6 is 0 Å². The minimum atomic E-state index is -0.108. The summed E-state index contributed by atoms with van der Waals surface area (Å²) in [4.78, 5) is 23.2. The van der Waals surface area contributed by atoms with E-state index in [1.807, 2.05) is 32.0 Å². The quantitative estimate of drug-likeness (QED) is 0.485. The van der Waals surface area contributed by atoms with E-state index in [9.17, 15) is 9.59 Å². The molecule has 7 heteroatoms. The summed E-state index contributed by atoms with van der Waals surface area (Å²) in [5.74, 6) is -0.212. The minimum Gasteiger partial charge on any atom is -0.377 e. The van der Waals surface area contributed by atoms with Crippen molar-refractivity contribution in [3.8, 4) is 0 Å².